The molecule has 0 spiro atoms. The number of carbonyl (C=O) groups excluding carboxylic acids is 2. The quantitative estimate of drug-likeness (QED) is 0.735. The zero-order chi connectivity index (χ0) is 17.4. The Hall–Kier alpha value is -2.39. The van der Waals surface area contributed by atoms with E-state index in [0.29, 0.717) is 17.5 Å². The zero-order valence-corrected chi connectivity index (χ0v) is 13.6. The van der Waals surface area contributed by atoms with E-state index < -0.39 is 24.0 Å². The maximum atomic E-state index is 12.0. The largest absolute Gasteiger partial charge is 0.467 e. The van der Waals surface area contributed by atoms with E-state index in [0.717, 1.165) is 0 Å². The van der Waals surface area contributed by atoms with Crippen LogP contribution >= 0.6 is 0 Å². The Kier molecular flexibility index (Phi) is 7.23. The van der Waals surface area contributed by atoms with E-state index in [-0.39, 0.29) is 12.3 Å². The molecule has 1 rings (SSSR count). The maximum absolute atomic E-state index is 12.0. The molecule has 1 aromatic carbocycles. The molecule has 0 fully saturated rings. The van der Waals surface area contributed by atoms with Gasteiger partial charge in [-0.3, -0.25) is 4.79 Å². The predicted octanol–water partition coefficient (Wildman–Crippen LogP) is 1.17. The molecule has 6 heteroatoms. The molecule has 0 bridgehead atoms. The number of hydrogen-bond donors (Lipinski definition) is 2. The normalized spacial score (nSPS) is 13.0. The number of aliphatic hydroxyl groups excluding tert-OH is 1. The number of hydrogen-bond acceptors (Lipinski definition) is 5. The first-order valence-corrected chi connectivity index (χ1v) is 7.43. The molecule has 6 nitrogen and oxygen atoms in total. The molecular weight excluding hydrogens is 296 g/mol. The second-order valence-electron chi connectivity index (χ2n) is 5.70. The summed E-state index contributed by atoms with van der Waals surface area (Å²) >= 11 is 0. The van der Waals surface area contributed by atoms with E-state index in [1.165, 1.54) is 7.11 Å². The molecule has 0 aliphatic carbocycles. The van der Waals surface area contributed by atoms with Crippen molar-refractivity contribution in [2.24, 2.45) is 5.92 Å². The molecule has 2 N–H and O–H groups in total. The van der Waals surface area contributed by atoms with Gasteiger partial charge in [-0.1, -0.05) is 32.0 Å². The molecule has 23 heavy (non-hydrogen) atoms. The van der Waals surface area contributed by atoms with Crippen molar-refractivity contribution in [3.8, 4) is 6.07 Å². The molecule has 0 heterocycles. The van der Waals surface area contributed by atoms with Crippen molar-refractivity contribution >= 4 is 11.9 Å². The lowest BCUT2D eigenvalue weighted by Gasteiger charge is -2.20. The third-order valence-corrected chi connectivity index (χ3v) is 3.36. The van der Waals surface area contributed by atoms with Crippen LogP contribution in [0.2, 0.25) is 0 Å². The van der Waals surface area contributed by atoms with E-state index in [2.05, 4.69) is 5.32 Å². The lowest BCUT2D eigenvalue weighted by molar-refractivity contribution is -0.146. The minimum atomic E-state index is -1.19. The van der Waals surface area contributed by atoms with Gasteiger partial charge in [-0.25, -0.2) is 4.79 Å². The van der Waals surface area contributed by atoms with Crippen LogP contribution in [-0.2, 0) is 20.7 Å². The fourth-order valence-electron chi connectivity index (χ4n) is 2.18. The van der Waals surface area contributed by atoms with Gasteiger partial charge in [0.15, 0.2) is 0 Å². The van der Waals surface area contributed by atoms with Crippen LogP contribution in [0.15, 0.2) is 24.3 Å². The molecular formula is C17H22N2O4. The number of methoxy groups -OCH3 is 1. The first kappa shape index (κ1) is 18.7. The summed E-state index contributed by atoms with van der Waals surface area (Å²) in [5.74, 6) is -1.10. The van der Waals surface area contributed by atoms with E-state index in [4.69, 9.17) is 10.00 Å². The molecule has 0 aliphatic heterocycles. The Bertz CT molecular complexity index is 593. The summed E-state index contributed by atoms with van der Waals surface area (Å²) in [5, 5.41) is 21.4. The minimum Gasteiger partial charge on any atom is -0.467 e. The lowest BCUT2D eigenvalue weighted by atomic mass is 10.00. The Morgan fingerprint density at radius 1 is 1.35 bits per heavy atom. The molecule has 0 aromatic heterocycles. The highest BCUT2D eigenvalue weighted by molar-refractivity contribution is 5.87. The van der Waals surface area contributed by atoms with Gasteiger partial charge in [0.25, 0.3) is 0 Å². The number of nitrogens with one attached hydrogen (secondary N) is 1. The third kappa shape index (κ3) is 5.72. The zero-order valence-electron chi connectivity index (χ0n) is 13.6. The van der Waals surface area contributed by atoms with E-state index in [1.807, 2.05) is 19.9 Å². The van der Waals surface area contributed by atoms with Crippen LogP contribution in [0.3, 0.4) is 0 Å². The van der Waals surface area contributed by atoms with Gasteiger partial charge < -0.3 is 15.2 Å². The van der Waals surface area contributed by atoms with E-state index in [9.17, 15) is 14.7 Å². The number of rotatable bonds is 7. The third-order valence-electron chi connectivity index (χ3n) is 3.36. The number of nitrogens with zero attached hydrogens (tertiary/aromatic N) is 1. The number of ether oxygens (including phenoxy) is 1. The summed E-state index contributed by atoms with van der Waals surface area (Å²) in [6.45, 7) is 3.77. The minimum absolute atomic E-state index is 0.122. The van der Waals surface area contributed by atoms with Crippen LogP contribution in [0.4, 0.5) is 0 Å². The average molecular weight is 318 g/mol. The van der Waals surface area contributed by atoms with Crippen LogP contribution in [0, 0.1) is 17.2 Å². The van der Waals surface area contributed by atoms with Crippen molar-refractivity contribution in [3.05, 3.63) is 35.4 Å². The van der Waals surface area contributed by atoms with Gasteiger partial charge in [0.2, 0.25) is 5.91 Å². The number of amides is 1. The van der Waals surface area contributed by atoms with Gasteiger partial charge >= 0.3 is 5.97 Å². The molecule has 0 aliphatic rings. The number of carbonyl (C=O) groups is 2. The molecule has 1 amide bonds. The summed E-state index contributed by atoms with van der Waals surface area (Å²) in [6, 6.07) is 7.91. The first-order valence-electron chi connectivity index (χ1n) is 7.43. The summed E-state index contributed by atoms with van der Waals surface area (Å²) in [4.78, 5) is 23.9. The molecule has 2 atom stereocenters. The number of aliphatic hydroxyl groups is 1. The fraction of sp³-hybridized carbons (Fsp3) is 0.471. The molecule has 1 aromatic rings. The number of benzene rings is 1. The second-order valence-corrected chi connectivity index (χ2v) is 5.70. The van der Waals surface area contributed by atoms with Crippen LogP contribution in [0.1, 0.15) is 31.4 Å². The van der Waals surface area contributed by atoms with Crippen LogP contribution in [0.25, 0.3) is 0 Å². The lowest BCUT2D eigenvalue weighted by Crippen LogP contribution is -2.47. The smallest absolute Gasteiger partial charge is 0.328 e. The Balaban J connectivity index is 2.87. The Labute approximate surface area is 136 Å². The second kappa shape index (κ2) is 8.91. The topological polar surface area (TPSA) is 99.4 Å². The Morgan fingerprint density at radius 3 is 2.57 bits per heavy atom. The first-order chi connectivity index (χ1) is 10.9. The van der Waals surface area contributed by atoms with Gasteiger partial charge in [-0.2, -0.15) is 5.26 Å². The monoisotopic (exact) mass is 318 g/mol. The van der Waals surface area contributed by atoms with Gasteiger partial charge in [-0.15, -0.1) is 0 Å². The predicted molar refractivity (Wildman–Crippen MR) is 84.3 cm³/mol. The van der Waals surface area contributed by atoms with Crippen molar-refractivity contribution in [2.75, 3.05) is 7.11 Å². The summed E-state index contributed by atoms with van der Waals surface area (Å²) < 4.78 is 4.70. The van der Waals surface area contributed by atoms with Gasteiger partial charge in [0.1, 0.15) is 12.1 Å². The van der Waals surface area contributed by atoms with Crippen molar-refractivity contribution in [1.29, 1.82) is 5.26 Å². The highest BCUT2D eigenvalue weighted by atomic mass is 16.5. The summed E-state index contributed by atoms with van der Waals surface area (Å²) in [6.07, 6.45) is -0.765. The standard InChI is InChI=1S/C17H22N2O4/c1-11(2)8-15(20)16(21)19-14(17(22)23-3)9-12-6-4-5-7-13(12)10-18/h4-7,11,14-15,20H,8-9H2,1-3H3,(H,19,21)/t14-,15-/m1/s1. The van der Waals surface area contributed by atoms with Crippen molar-refractivity contribution in [1.82, 2.24) is 5.32 Å². The average Bonchev–Trinajstić information content (AvgIpc) is 2.53. The van der Waals surface area contributed by atoms with Gasteiger partial charge in [0, 0.05) is 6.42 Å². The van der Waals surface area contributed by atoms with E-state index in [1.54, 1.807) is 24.3 Å². The highest BCUT2D eigenvalue weighted by Gasteiger charge is 2.26. The SMILES string of the molecule is COC(=O)[C@@H](Cc1ccccc1C#N)NC(=O)[C@H](O)CC(C)C. The van der Waals surface area contributed by atoms with Crippen molar-refractivity contribution < 1.29 is 19.4 Å². The highest BCUT2D eigenvalue weighted by Crippen LogP contribution is 2.12. The van der Waals surface area contributed by atoms with Gasteiger partial charge in [0.05, 0.1) is 18.7 Å². The van der Waals surface area contributed by atoms with Crippen LogP contribution in [0.5, 0.6) is 0 Å². The summed E-state index contributed by atoms with van der Waals surface area (Å²) in [5.41, 5.74) is 1.06. The Morgan fingerprint density at radius 2 is 2.00 bits per heavy atom. The molecule has 0 unspecified atom stereocenters. The molecule has 0 saturated heterocycles. The van der Waals surface area contributed by atoms with Crippen LogP contribution < -0.4 is 5.32 Å². The molecule has 124 valence electrons. The molecule has 0 radical (unpaired) electrons. The maximum Gasteiger partial charge on any atom is 0.328 e. The number of esters is 1. The van der Waals surface area contributed by atoms with Gasteiger partial charge in [-0.05, 0) is 24.0 Å². The van der Waals surface area contributed by atoms with Crippen molar-refractivity contribution in [3.63, 3.8) is 0 Å². The van der Waals surface area contributed by atoms with Crippen molar-refractivity contribution in [2.45, 2.75) is 38.8 Å². The fourth-order valence-corrected chi connectivity index (χ4v) is 2.18. The summed E-state index contributed by atoms with van der Waals surface area (Å²) in [7, 11) is 1.22. The number of nitriles is 1. The molecule has 0 saturated carbocycles. The van der Waals surface area contributed by atoms with E-state index >= 15 is 0 Å². The van der Waals surface area contributed by atoms with Crippen LogP contribution in [-0.4, -0.2) is 36.2 Å².